The van der Waals surface area contributed by atoms with Crippen LogP contribution in [0.2, 0.25) is 0 Å². The standard InChI is InChI=1S/C23H24FN5O3/c1-12-5-8-14(10-16(12)24)26-23(31)29-9-3-4-18(29)20-19-15(21(30)25-2)11-17(13-6-7-13)27-22(19)32-28-20/h5,8,10-11,13,18H,3-4,6-7,9H2,1-2H3,(H,25,30)(H,26,31). The summed E-state index contributed by atoms with van der Waals surface area (Å²) in [5, 5.41) is 10.2. The normalized spacial score (nSPS) is 18.2. The highest BCUT2D eigenvalue weighted by Crippen LogP contribution is 2.42. The van der Waals surface area contributed by atoms with E-state index in [2.05, 4.69) is 20.8 Å². The van der Waals surface area contributed by atoms with E-state index in [1.54, 1.807) is 31.0 Å². The molecule has 1 aliphatic carbocycles. The number of fused-ring (bicyclic) bond motifs is 1. The molecule has 1 saturated carbocycles. The molecule has 0 spiro atoms. The Balaban J connectivity index is 1.49. The number of nitrogens with zero attached hydrogens (tertiary/aromatic N) is 3. The number of hydrogen-bond acceptors (Lipinski definition) is 5. The van der Waals surface area contributed by atoms with Gasteiger partial charge in [-0.2, -0.15) is 0 Å². The zero-order valence-corrected chi connectivity index (χ0v) is 17.9. The van der Waals surface area contributed by atoms with E-state index in [4.69, 9.17) is 4.52 Å². The van der Waals surface area contributed by atoms with Crippen molar-refractivity contribution in [3.63, 3.8) is 0 Å². The third-order valence-corrected chi connectivity index (χ3v) is 6.21. The van der Waals surface area contributed by atoms with Crippen LogP contribution in [0.4, 0.5) is 14.9 Å². The number of aromatic nitrogens is 2. The Morgan fingerprint density at radius 3 is 2.75 bits per heavy atom. The quantitative estimate of drug-likeness (QED) is 0.635. The first-order chi connectivity index (χ1) is 15.5. The van der Waals surface area contributed by atoms with E-state index in [-0.39, 0.29) is 23.8 Å². The highest BCUT2D eigenvalue weighted by molar-refractivity contribution is 6.06. The van der Waals surface area contributed by atoms with Gasteiger partial charge in [0.2, 0.25) is 0 Å². The molecule has 1 aliphatic heterocycles. The maximum atomic E-state index is 13.9. The van der Waals surface area contributed by atoms with E-state index in [0.29, 0.717) is 52.5 Å². The van der Waals surface area contributed by atoms with Gasteiger partial charge in [-0.05, 0) is 56.4 Å². The van der Waals surface area contributed by atoms with Crippen LogP contribution in [-0.2, 0) is 0 Å². The number of pyridine rings is 1. The molecular weight excluding hydrogens is 413 g/mol. The first-order valence-electron chi connectivity index (χ1n) is 10.8. The number of likely N-dealkylation sites (tertiary alicyclic amines) is 1. The highest BCUT2D eigenvalue weighted by Gasteiger charge is 2.36. The van der Waals surface area contributed by atoms with Crippen molar-refractivity contribution in [3.05, 3.63) is 52.6 Å². The third-order valence-electron chi connectivity index (χ3n) is 6.21. The summed E-state index contributed by atoms with van der Waals surface area (Å²) < 4.78 is 19.4. The number of amides is 3. The molecule has 166 valence electrons. The maximum absolute atomic E-state index is 13.9. The summed E-state index contributed by atoms with van der Waals surface area (Å²) >= 11 is 0. The number of carbonyl (C=O) groups is 2. The number of halogens is 1. The average Bonchev–Trinajstić information content (AvgIpc) is 3.37. The van der Waals surface area contributed by atoms with E-state index >= 15 is 0 Å². The lowest BCUT2D eigenvalue weighted by Gasteiger charge is -2.24. The second-order valence-electron chi connectivity index (χ2n) is 8.44. The number of urea groups is 1. The lowest BCUT2D eigenvalue weighted by Crippen LogP contribution is -2.34. The summed E-state index contributed by atoms with van der Waals surface area (Å²) in [6.07, 6.45) is 3.54. The third kappa shape index (κ3) is 3.57. The molecule has 3 heterocycles. The molecule has 9 heteroatoms. The van der Waals surface area contributed by atoms with Crippen LogP contribution in [0.5, 0.6) is 0 Å². The second-order valence-corrected chi connectivity index (χ2v) is 8.44. The van der Waals surface area contributed by atoms with Gasteiger partial charge in [0, 0.05) is 30.9 Å². The van der Waals surface area contributed by atoms with Crippen molar-refractivity contribution >= 4 is 28.7 Å². The van der Waals surface area contributed by atoms with E-state index in [1.165, 1.54) is 6.07 Å². The summed E-state index contributed by atoms with van der Waals surface area (Å²) in [5.74, 6) is -0.274. The van der Waals surface area contributed by atoms with Crippen molar-refractivity contribution in [1.82, 2.24) is 20.4 Å². The van der Waals surface area contributed by atoms with Gasteiger partial charge in [-0.15, -0.1) is 0 Å². The van der Waals surface area contributed by atoms with Crippen molar-refractivity contribution in [2.75, 3.05) is 18.9 Å². The molecule has 1 aromatic carbocycles. The van der Waals surface area contributed by atoms with Gasteiger partial charge < -0.3 is 20.1 Å². The summed E-state index contributed by atoms with van der Waals surface area (Å²) in [6, 6.07) is 5.68. The number of hydrogen-bond donors (Lipinski definition) is 2. The van der Waals surface area contributed by atoms with Crippen LogP contribution in [-0.4, -0.2) is 40.6 Å². The van der Waals surface area contributed by atoms with E-state index < -0.39 is 0 Å². The van der Waals surface area contributed by atoms with Gasteiger partial charge in [0.25, 0.3) is 11.6 Å². The molecule has 1 saturated heterocycles. The van der Waals surface area contributed by atoms with Crippen molar-refractivity contribution in [1.29, 1.82) is 0 Å². The monoisotopic (exact) mass is 437 g/mol. The van der Waals surface area contributed by atoms with Gasteiger partial charge in [-0.25, -0.2) is 14.2 Å². The van der Waals surface area contributed by atoms with Gasteiger partial charge in [0.05, 0.1) is 17.0 Å². The molecule has 1 unspecified atom stereocenters. The molecule has 5 rings (SSSR count). The number of aryl methyl sites for hydroxylation is 1. The van der Waals surface area contributed by atoms with Crippen LogP contribution >= 0.6 is 0 Å². The summed E-state index contributed by atoms with van der Waals surface area (Å²) in [4.78, 5) is 31.9. The zero-order valence-electron chi connectivity index (χ0n) is 17.9. The van der Waals surface area contributed by atoms with Crippen molar-refractivity contribution in [3.8, 4) is 0 Å². The minimum absolute atomic E-state index is 0.243. The van der Waals surface area contributed by atoms with Gasteiger partial charge in [0.1, 0.15) is 11.5 Å². The Morgan fingerprint density at radius 2 is 2.03 bits per heavy atom. The van der Waals surface area contributed by atoms with Gasteiger partial charge >= 0.3 is 6.03 Å². The van der Waals surface area contributed by atoms with E-state index in [1.807, 2.05) is 6.07 Å². The van der Waals surface area contributed by atoms with Crippen LogP contribution < -0.4 is 10.6 Å². The zero-order chi connectivity index (χ0) is 22.4. The number of benzene rings is 1. The smallest absolute Gasteiger partial charge is 0.322 e. The Labute approximate surface area is 184 Å². The van der Waals surface area contributed by atoms with Crippen LogP contribution in [0, 0.1) is 12.7 Å². The fraction of sp³-hybridized carbons (Fsp3) is 0.391. The first kappa shape index (κ1) is 20.4. The molecule has 2 N–H and O–H groups in total. The fourth-order valence-electron chi connectivity index (χ4n) is 4.28. The molecule has 32 heavy (non-hydrogen) atoms. The summed E-state index contributed by atoms with van der Waals surface area (Å²) in [6.45, 7) is 2.18. The van der Waals surface area contributed by atoms with Crippen LogP contribution in [0.25, 0.3) is 11.1 Å². The number of rotatable bonds is 4. The predicted octanol–water partition coefficient (Wildman–Crippen LogP) is 4.28. The topological polar surface area (TPSA) is 100 Å². The fourth-order valence-corrected chi connectivity index (χ4v) is 4.28. The molecule has 2 fully saturated rings. The Hall–Kier alpha value is -3.49. The van der Waals surface area contributed by atoms with E-state index in [9.17, 15) is 14.0 Å². The molecule has 0 radical (unpaired) electrons. The molecule has 3 amide bonds. The molecule has 8 nitrogen and oxygen atoms in total. The predicted molar refractivity (Wildman–Crippen MR) is 116 cm³/mol. The van der Waals surface area contributed by atoms with Crippen LogP contribution in [0.1, 0.15) is 65.0 Å². The lowest BCUT2D eigenvalue weighted by atomic mass is 10.0. The van der Waals surface area contributed by atoms with Crippen LogP contribution in [0.15, 0.2) is 28.8 Å². The lowest BCUT2D eigenvalue weighted by molar-refractivity contribution is 0.0964. The Kier molecular flexibility index (Phi) is 5.03. The minimum atomic E-state index is -0.379. The average molecular weight is 437 g/mol. The largest absolute Gasteiger partial charge is 0.355 e. The van der Waals surface area contributed by atoms with Crippen LogP contribution in [0.3, 0.4) is 0 Å². The molecule has 3 aromatic rings. The maximum Gasteiger partial charge on any atom is 0.322 e. The summed E-state index contributed by atoms with van der Waals surface area (Å²) in [5.41, 5.74) is 3.03. The van der Waals surface area contributed by atoms with Gasteiger partial charge in [0.15, 0.2) is 0 Å². The summed E-state index contributed by atoms with van der Waals surface area (Å²) in [7, 11) is 1.58. The Bertz CT molecular complexity index is 1220. The van der Waals surface area contributed by atoms with Crippen molar-refractivity contribution in [2.45, 2.75) is 44.6 Å². The van der Waals surface area contributed by atoms with E-state index in [0.717, 1.165) is 25.0 Å². The first-order valence-corrected chi connectivity index (χ1v) is 10.8. The minimum Gasteiger partial charge on any atom is -0.355 e. The SMILES string of the molecule is CNC(=O)c1cc(C2CC2)nc2onc(C3CCCN3C(=O)Nc3ccc(C)c(F)c3)c12. The van der Waals surface area contributed by atoms with Gasteiger partial charge in [-0.3, -0.25) is 4.79 Å². The molecular formula is C23H24FN5O3. The molecule has 0 bridgehead atoms. The molecule has 2 aliphatic rings. The molecule has 2 aromatic heterocycles. The molecule has 1 atom stereocenters. The number of nitrogens with one attached hydrogen (secondary N) is 2. The van der Waals surface area contributed by atoms with Gasteiger partial charge in [-0.1, -0.05) is 11.2 Å². The van der Waals surface area contributed by atoms with Crippen molar-refractivity contribution in [2.24, 2.45) is 0 Å². The number of anilines is 1. The van der Waals surface area contributed by atoms with Crippen molar-refractivity contribution < 1.29 is 18.5 Å². The highest BCUT2D eigenvalue weighted by atomic mass is 19.1. The second kappa shape index (κ2) is 7.89. The Morgan fingerprint density at radius 1 is 1.22 bits per heavy atom. The number of carbonyl (C=O) groups excluding carboxylic acids is 2.